The molecule has 112 valence electrons. The Morgan fingerprint density at radius 1 is 1.35 bits per heavy atom. The highest BCUT2D eigenvalue weighted by Gasteiger charge is 2.14. The molecule has 4 nitrogen and oxygen atoms in total. The van der Waals surface area contributed by atoms with Crippen molar-refractivity contribution in [1.29, 1.82) is 0 Å². The molecule has 1 aromatic rings. The predicted molar refractivity (Wildman–Crippen MR) is 79.9 cm³/mol. The van der Waals surface area contributed by atoms with Gasteiger partial charge in [-0.2, -0.15) is 0 Å². The van der Waals surface area contributed by atoms with Crippen molar-refractivity contribution in [2.24, 2.45) is 5.92 Å². The van der Waals surface area contributed by atoms with Crippen LogP contribution in [0.1, 0.15) is 31.4 Å². The van der Waals surface area contributed by atoms with Gasteiger partial charge in [-0.1, -0.05) is 26.0 Å². The molecule has 1 unspecified atom stereocenters. The molecule has 1 atom stereocenters. The molecule has 20 heavy (non-hydrogen) atoms. The summed E-state index contributed by atoms with van der Waals surface area (Å²) in [5, 5.41) is 12.0. The number of amides is 1. The Bertz CT molecular complexity index is 443. The second-order valence-electron chi connectivity index (χ2n) is 5.40. The van der Waals surface area contributed by atoms with Crippen molar-refractivity contribution in [2.75, 3.05) is 13.2 Å². The lowest BCUT2D eigenvalue weighted by Crippen LogP contribution is -2.41. The Kier molecular flexibility index (Phi) is 6.52. The summed E-state index contributed by atoms with van der Waals surface area (Å²) >= 11 is 0. The van der Waals surface area contributed by atoms with Crippen LogP contribution >= 0.6 is 0 Å². The van der Waals surface area contributed by atoms with Crippen LogP contribution in [0.3, 0.4) is 0 Å². The van der Waals surface area contributed by atoms with E-state index in [1.807, 2.05) is 45.9 Å². The van der Waals surface area contributed by atoms with Gasteiger partial charge in [0.1, 0.15) is 5.75 Å². The zero-order valence-corrected chi connectivity index (χ0v) is 12.8. The van der Waals surface area contributed by atoms with Crippen LogP contribution in [0.25, 0.3) is 0 Å². The third-order valence-corrected chi connectivity index (χ3v) is 3.49. The average Bonchev–Trinajstić information content (AvgIpc) is 2.40. The number of carbonyl (C=O) groups excluding carboxylic acids is 1. The summed E-state index contributed by atoms with van der Waals surface area (Å²) in [6.45, 7) is 8.27. The Labute approximate surface area is 121 Å². The minimum atomic E-state index is -0.191. The van der Waals surface area contributed by atoms with E-state index < -0.39 is 0 Å². The van der Waals surface area contributed by atoms with Gasteiger partial charge >= 0.3 is 0 Å². The van der Waals surface area contributed by atoms with Crippen molar-refractivity contribution in [3.8, 4) is 5.75 Å². The molecule has 0 radical (unpaired) electrons. The van der Waals surface area contributed by atoms with Gasteiger partial charge in [0.05, 0.1) is 25.7 Å². The van der Waals surface area contributed by atoms with Crippen molar-refractivity contribution in [3.63, 3.8) is 0 Å². The molecular formula is C16H25NO3. The largest absolute Gasteiger partial charge is 0.493 e. The summed E-state index contributed by atoms with van der Waals surface area (Å²) < 4.78 is 5.64. The molecule has 2 N–H and O–H groups in total. The normalized spacial score (nSPS) is 12.3. The Morgan fingerprint density at radius 2 is 2.05 bits per heavy atom. The molecule has 4 heteroatoms. The summed E-state index contributed by atoms with van der Waals surface area (Å²) in [6, 6.07) is 5.69. The molecule has 0 aliphatic carbocycles. The van der Waals surface area contributed by atoms with Crippen molar-refractivity contribution in [1.82, 2.24) is 5.32 Å². The van der Waals surface area contributed by atoms with Crippen LogP contribution in [-0.2, 0) is 4.79 Å². The van der Waals surface area contributed by atoms with Gasteiger partial charge < -0.3 is 15.2 Å². The van der Waals surface area contributed by atoms with Crippen LogP contribution in [0.5, 0.6) is 5.75 Å². The van der Waals surface area contributed by atoms with Crippen LogP contribution in [0.15, 0.2) is 18.2 Å². The van der Waals surface area contributed by atoms with Gasteiger partial charge in [-0.05, 0) is 37.0 Å². The number of aryl methyl sites for hydroxylation is 1. The Hall–Kier alpha value is -1.55. The highest BCUT2D eigenvalue weighted by molar-refractivity contribution is 5.76. The lowest BCUT2D eigenvalue weighted by Gasteiger charge is -2.20. The Morgan fingerprint density at radius 3 is 2.65 bits per heavy atom. The predicted octanol–water partition coefficient (Wildman–Crippen LogP) is 2.21. The third kappa shape index (κ3) is 4.85. The van der Waals surface area contributed by atoms with E-state index >= 15 is 0 Å². The molecule has 0 spiro atoms. The van der Waals surface area contributed by atoms with E-state index in [1.165, 1.54) is 5.56 Å². The fourth-order valence-corrected chi connectivity index (χ4v) is 1.84. The third-order valence-electron chi connectivity index (χ3n) is 3.49. The second-order valence-corrected chi connectivity index (χ2v) is 5.40. The first kappa shape index (κ1) is 16.5. The maximum absolute atomic E-state index is 11.8. The summed E-state index contributed by atoms with van der Waals surface area (Å²) in [4.78, 5) is 11.8. The van der Waals surface area contributed by atoms with Gasteiger partial charge in [-0.15, -0.1) is 0 Å². The van der Waals surface area contributed by atoms with E-state index in [2.05, 4.69) is 5.32 Å². The molecule has 0 aromatic heterocycles. The summed E-state index contributed by atoms with van der Waals surface area (Å²) in [5.74, 6) is 0.937. The van der Waals surface area contributed by atoms with Gasteiger partial charge in [0.2, 0.25) is 5.91 Å². The minimum Gasteiger partial charge on any atom is -0.493 e. The van der Waals surface area contributed by atoms with E-state index in [0.29, 0.717) is 6.61 Å². The van der Waals surface area contributed by atoms with Crippen molar-refractivity contribution in [3.05, 3.63) is 29.3 Å². The van der Waals surface area contributed by atoms with Crippen molar-refractivity contribution >= 4 is 5.91 Å². The second kappa shape index (κ2) is 7.90. The minimum absolute atomic E-state index is 0.0404. The number of hydrogen-bond donors (Lipinski definition) is 2. The van der Waals surface area contributed by atoms with E-state index in [0.717, 1.165) is 11.3 Å². The van der Waals surface area contributed by atoms with Crippen LogP contribution < -0.4 is 10.1 Å². The van der Waals surface area contributed by atoms with Gasteiger partial charge in [0.15, 0.2) is 0 Å². The number of ether oxygens (including phenoxy) is 1. The number of carbonyl (C=O) groups is 1. The first-order chi connectivity index (χ1) is 9.45. The standard InChI is InChI=1S/C16H25NO3/c1-11(2)14(10-18)17-16(19)8-9-20-15-7-5-6-12(3)13(15)4/h5-7,11,14,18H,8-10H2,1-4H3,(H,17,19). The lowest BCUT2D eigenvalue weighted by molar-refractivity contribution is -0.122. The monoisotopic (exact) mass is 279 g/mol. The van der Waals surface area contributed by atoms with Crippen molar-refractivity contribution in [2.45, 2.75) is 40.2 Å². The smallest absolute Gasteiger partial charge is 0.223 e. The molecule has 0 fully saturated rings. The molecule has 1 rings (SSSR count). The maximum atomic E-state index is 11.8. The highest BCUT2D eigenvalue weighted by atomic mass is 16.5. The number of benzene rings is 1. The summed E-state index contributed by atoms with van der Waals surface area (Å²) in [5.41, 5.74) is 2.27. The Balaban J connectivity index is 2.40. The molecule has 0 bridgehead atoms. The van der Waals surface area contributed by atoms with Crippen LogP contribution in [-0.4, -0.2) is 30.3 Å². The first-order valence-corrected chi connectivity index (χ1v) is 7.05. The number of rotatable bonds is 7. The molecule has 0 saturated carbocycles. The summed E-state index contributed by atoms with van der Waals surface area (Å²) in [6.07, 6.45) is 0.288. The van der Waals surface area contributed by atoms with Crippen molar-refractivity contribution < 1.29 is 14.6 Å². The maximum Gasteiger partial charge on any atom is 0.223 e. The summed E-state index contributed by atoms with van der Waals surface area (Å²) in [7, 11) is 0. The van der Waals surface area contributed by atoms with Gasteiger partial charge in [0, 0.05) is 0 Å². The number of aliphatic hydroxyl groups excluding tert-OH is 1. The van der Waals surface area contributed by atoms with E-state index in [1.54, 1.807) is 0 Å². The number of hydrogen-bond acceptors (Lipinski definition) is 3. The number of nitrogens with one attached hydrogen (secondary N) is 1. The van der Waals surface area contributed by atoms with Gasteiger partial charge in [0.25, 0.3) is 0 Å². The molecule has 0 heterocycles. The molecular weight excluding hydrogens is 254 g/mol. The van der Waals surface area contributed by atoms with Crippen LogP contribution in [0.2, 0.25) is 0 Å². The zero-order valence-electron chi connectivity index (χ0n) is 12.8. The first-order valence-electron chi connectivity index (χ1n) is 7.05. The SMILES string of the molecule is Cc1cccc(OCCC(=O)NC(CO)C(C)C)c1C. The zero-order chi connectivity index (χ0) is 15.1. The van der Waals surface area contributed by atoms with E-state index in [9.17, 15) is 4.79 Å². The van der Waals surface area contributed by atoms with Gasteiger partial charge in [-0.25, -0.2) is 0 Å². The van der Waals surface area contributed by atoms with Crippen LogP contribution in [0, 0.1) is 19.8 Å². The molecule has 0 aliphatic rings. The molecule has 1 amide bonds. The van der Waals surface area contributed by atoms with Gasteiger partial charge in [-0.3, -0.25) is 4.79 Å². The number of aliphatic hydroxyl groups is 1. The fourth-order valence-electron chi connectivity index (χ4n) is 1.84. The highest BCUT2D eigenvalue weighted by Crippen LogP contribution is 2.20. The van der Waals surface area contributed by atoms with E-state index in [4.69, 9.17) is 9.84 Å². The molecule has 0 saturated heterocycles. The lowest BCUT2D eigenvalue weighted by atomic mass is 10.1. The van der Waals surface area contributed by atoms with E-state index in [-0.39, 0.29) is 30.9 Å². The molecule has 0 aliphatic heterocycles. The average molecular weight is 279 g/mol. The topological polar surface area (TPSA) is 58.6 Å². The molecule has 1 aromatic carbocycles. The van der Waals surface area contributed by atoms with Crippen LogP contribution in [0.4, 0.5) is 0 Å². The quantitative estimate of drug-likeness (QED) is 0.804. The fraction of sp³-hybridized carbons (Fsp3) is 0.562.